The molecule has 0 atom stereocenters. The number of methoxy groups -OCH3 is 1. The van der Waals surface area contributed by atoms with E-state index in [4.69, 9.17) is 4.74 Å². The van der Waals surface area contributed by atoms with Gasteiger partial charge in [-0.25, -0.2) is 4.98 Å². The third-order valence-electron chi connectivity index (χ3n) is 4.29. The van der Waals surface area contributed by atoms with Gasteiger partial charge in [-0.3, -0.25) is 9.59 Å². The smallest absolute Gasteiger partial charge is 0.325 e. The molecule has 2 heterocycles. The first-order valence-corrected chi connectivity index (χ1v) is 8.34. The van der Waals surface area contributed by atoms with E-state index in [0.29, 0.717) is 17.9 Å². The monoisotopic (exact) mass is 351 g/mol. The van der Waals surface area contributed by atoms with E-state index in [1.165, 1.54) is 12.0 Å². The van der Waals surface area contributed by atoms with E-state index in [1.54, 1.807) is 10.6 Å². The fourth-order valence-corrected chi connectivity index (χ4v) is 2.76. The summed E-state index contributed by atoms with van der Waals surface area (Å²) >= 11 is 0. The van der Waals surface area contributed by atoms with Crippen molar-refractivity contribution in [1.82, 2.24) is 14.3 Å². The molecule has 1 aromatic carbocycles. The summed E-state index contributed by atoms with van der Waals surface area (Å²) in [6.45, 7) is 4.13. The summed E-state index contributed by atoms with van der Waals surface area (Å²) in [5.74, 6) is -0.772. The molecule has 0 unspecified atom stereocenters. The second kappa shape index (κ2) is 7.39. The van der Waals surface area contributed by atoms with E-state index < -0.39 is 5.97 Å². The van der Waals surface area contributed by atoms with Gasteiger partial charge >= 0.3 is 5.97 Å². The van der Waals surface area contributed by atoms with Crippen molar-refractivity contribution >= 4 is 17.5 Å². The molecule has 0 saturated carbocycles. The number of rotatable bonds is 5. The number of imidazole rings is 1. The number of esters is 1. The Kier molecular flexibility index (Phi) is 5.02. The molecule has 0 saturated heterocycles. The molecule has 0 aliphatic carbocycles. The van der Waals surface area contributed by atoms with Gasteiger partial charge in [0, 0.05) is 18.9 Å². The average Bonchev–Trinajstić information content (AvgIpc) is 3.05. The number of aryl methyl sites for hydroxylation is 2. The minimum Gasteiger partial charge on any atom is -0.468 e. The zero-order valence-electron chi connectivity index (χ0n) is 15.1. The van der Waals surface area contributed by atoms with Crippen molar-refractivity contribution in [2.24, 2.45) is 0 Å². The van der Waals surface area contributed by atoms with E-state index in [2.05, 4.69) is 4.98 Å². The maximum Gasteiger partial charge on any atom is 0.325 e. The molecule has 0 bridgehead atoms. The summed E-state index contributed by atoms with van der Waals surface area (Å²) in [4.78, 5) is 30.7. The molecule has 1 amide bonds. The molecular formula is C20H21N3O3. The van der Waals surface area contributed by atoms with E-state index in [9.17, 15) is 9.59 Å². The van der Waals surface area contributed by atoms with Crippen LogP contribution >= 0.6 is 0 Å². The number of aromatic nitrogens is 2. The van der Waals surface area contributed by atoms with Crippen LogP contribution < -0.4 is 0 Å². The van der Waals surface area contributed by atoms with Gasteiger partial charge in [-0.2, -0.15) is 0 Å². The molecule has 3 rings (SSSR count). The number of fused-ring (bicyclic) bond motifs is 1. The van der Waals surface area contributed by atoms with Crippen molar-refractivity contribution < 1.29 is 14.3 Å². The van der Waals surface area contributed by atoms with Crippen molar-refractivity contribution in [2.45, 2.75) is 20.4 Å². The molecule has 0 N–H and O–H groups in total. The Labute approximate surface area is 152 Å². The minimum absolute atomic E-state index is 0.128. The molecule has 26 heavy (non-hydrogen) atoms. The van der Waals surface area contributed by atoms with Gasteiger partial charge in [0.25, 0.3) is 5.91 Å². The number of pyridine rings is 1. The highest BCUT2D eigenvalue weighted by molar-refractivity contribution is 5.94. The Morgan fingerprint density at radius 2 is 1.96 bits per heavy atom. The Morgan fingerprint density at radius 1 is 1.19 bits per heavy atom. The number of carbonyl (C=O) groups is 2. The molecule has 0 aliphatic heterocycles. The Morgan fingerprint density at radius 3 is 2.69 bits per heavy atom. The molecule has 0 fully saturated rings. The van der Waals surface area contributed by atoms with Crippen LogP contribution in [0.15, 0.2) is 48.8 Å². The first-order valence-electron chi connectivity index (χ1n) is 8.34. The van der Waals surface area contributed by atoms with Crippen LogP contribution in [0.25, 0.3) is 5.65 Å². The Hall–Kier alpha value is -3.15. The SMILES string of the molecule is COC(=O)CN(Cc1ccccc1C)C(=O)c1cn2ccc(C)cc2n1. The van der Waals surface area contributed by atoms with Gasteiger partial charge in [-0.1, -0.05) is 24.3 Å². The largest absolute Gasteiger partial charge is 0.468 e. The van der Waals surface area contributed by atoms with Crippen molar-refractivity contribution in [1.29, 1.82) is 0 Å². The van der Waals surface area contributed by atoms with Gasteiger partial charge in [0.05, 0.1) is 7.11 Å². The van der Waals surface area contributed by atoms with Gasteiger partial charge < -0.3 is 14.0 Å². The predicted molar refractivity (Wildman–Crippen MR) is 97.9 cm³/mol. The van der Waals surface area contributed by atoms with Crippen LogP contribution in [0.1, 0.15) is 27.2 Å². The molecule has 134 valence electrons. The zero-order valence-corrected chi connectivity index (χ0v) is 15.1. The number of ether oxygens (including phenoxy) is 1. The summed E-state index contributed by atoms with van der Waals surface area (Å²) < 4.78 is 6.55. The van der Waals surface area contributed by atoms with Crippen molar-refractivity contribution in [2.75, 3.05) is 13.7 Å². The Balaban J connectivity index is 1.92. The topological polar surface area (TPSA) is 63.9 Å². The Bertz CT molecular complexity index is 962. The quantitative estimate of drug-likeness (QED) is 0.663. The van der Waals surface area contributed by atoms with Gasteiger partial charge in [0.1, 0.15) is 17.9 Å². The molecule has 6 heteroatoms. The number of hydrogen-bond acceptors (Lipinski definition) is 4. The van der Waals surface area contributed by atoms with E-state index in [1.807, 2.05) is 56.4 Å². The van der Waals surface area contributed by atoms with Crippen LogP contribution in [-0.2, 0) is 16.1 Å². The molecule has 0 radical (unpaired) electrons. The highest BCUT2D eigenvalue weighted by Gasteiger charge is 2.22. The number of amides is 1. The van der Waals surface area contributed by atoms with E-state index in [-0.39, 0.29) is 12.5 Å². The fraction of sp³-hybridized carbons (Fsp3) is 0.250. The first-order chi connectivity index (χ1) is 12.5. The molecular weight excluding hydrogens is 330 g/mol. The van der Waals surface area contributed by atoms with Crippen LogP contribution in [0.3, 0.4) is 0 Å². The molecule has 0 aliphatic rings. The lowest BCUT2D eigenvalue weighted by Gasteiger charge is -2.21. The lowest BCUT2D eigenvalue weighted by atomic mass is 10.1. The van der Waals surface area contributed by atoms with Gasteiger partial charge in [0.2, 0.25) is 0 Å². The van der Waals surface area contributed by atoms with Crippen LogP contribution in [0, 0.1) is 13.8 Å². The van der Waals surface area contributed by atoms with Crippen LogP contribution in [-0.4, -0.2) is 39.8 Å². The molecule has 6 nitrogen and oxygen atoms in total. The van der Waals surface area contributed by atoms with Gasteiger partial charge in [0.15, 0.2) is 0 Å². The van der Waals surface area contributed by atoms with Crippen molar-refractivity contribution in [3.8, 4) is 0 Å². The average molecular weight is 351 g/mol. The molecule has 2 aromatic heterocycles. The fourth-order valence-electron chi connectivity index (χ4n) is 2.76. The molecule has 0 spiro atoms. The summed E-state index contributed by atoms with van der Waals surface area (Å²) in [5.41, 5.74) is 4.09. The number of nitrogens with zero attached hydrogens (tertiary/aromatic N) is 3. The molecule has 3 aromatic rings. The van der Waals surface area contributed by atoms with Gasteiger partial charge in [-0.15, -0.1) is 0 Å². The number of benzene rings is 1. The predicted octanol–water partition coefficient (Wildman–Crippen LogP) is 2.77. The van der Waals surface area contributed by atoms with E-state index >= 15 is 0 Å². The lowest BCUT2D eigenvalue weighted by Crippen LogP contribution is -2.36. The van der Waals surface area contributed by atoms with Crippen LogP contribution in [0.5, 0.6) is 0 Å². The van der Waals surface area contributed by atoms with Crippen LogP contribution in [0.2, 0.25) is 0 Å². The second-order valence-corrected chi connectivity index (χ2v) is 6.26. The van der Waals surface area contributed by atoms with Crippen LogP contribution in [0.4, 0.5) is 0 Å². The second-order valence-electron chi connectivity index (χ2n) is 6.26. The lowest BCUT2D eigenvalue weighted by molar-refractivity contribution is -0.141. The zero-order chi connectivity index (χ0) is 18.7. The highest BCUT2D eigenvalue weighted by Crippen LogP contribution is 2.15. The third kappa shape index (κ3) is 3.74. The maximum absolute atomic E-state index is 13.0. The third-order valence-corrected chi connectivity index (χ3v) is 4.29. The van der Waals surface area contributed by atoms with Gasteiger partial charge in [-0.05, 0) is 42.7 Å². The standard InChI is InChI=1S/C20H21N3O3/c1-14-8-9-22-12-17(21-18(22)10-14)20(25)23(13-19(24)26-3)11-16-7-5-4-6-15(16)2/h4-10,12H,11,13H2,1-3H3. The summed E-state index contributed by atoms with van der Waals surface area (Å²) in [7, 11) is 1.31. The van der Waals surface area contributed by atoms with Crippen molar-refractivity contribution in [3.63, 3.8) is 0 Å². The van der Waals surface area contributed by atoms with Crippen molar-refractivity contribution in [3.05, 3.63) is 71.2 Å². The first kappa shape index (κ1) is 17.7. The summed E-state index contributed by atoms with van der Waals surface area (Å²) in [5, 5.41) is 0. The maximum atomic E-state index is 13.0. The minimum atomic E-state index is -0.466. The normalized spacial score (nSPS) is 10.7. The number of carbonyl (C=O) groups excluding carboxylic acids is 2. The summed E-state index contributed by atoms with van der Waals surface area (Å²) in [6, 6.07) is 11.6. The highest BCUT2D eigenvalue weighted by atomic mass is 16.5. The van der Waals surface area contributed by atoms with E-state index in [0.717, 1.165) is 16.7 Å². The number of hydrogen-bond donors (Lipinski definition) is 0. The summed E-state index contributed by atoms with van der Waals surface area (Å²) in [6.07, 6.45) is 3.54.